The minimum Gasteiger partial charge on any atom is -0.309 e. The van der Waals surface area contributed by atoms with Crippen molar-refractivity contribution in [2.24, 2.45) is 0 Å². The molecule has 1 heteroatoms. The van der Waals surface area contributed by atoms with Gasteiger partial charge < -0.3 is 4.57 Å². The van der Waals surface area contributed by atoms with E-state index in [0.29, 0.717) is 0 Å². The first-order chi connectivity index (χ1) is 14.1. The van der Waals surface area contributed by atoms with E-state index in [0.717, 1.165) is 0 Å². The third kappa shape index (κ3) is 2.10. The summed E-state index contributed by atoms with van der Waals surface area (Å²) in [5.41, 5.74) is 10.8. The lowest BCUT2D eigenvalue weighted by Crippen LogP contribution is -2.16. The normalized spacial score (nSPS) is 14.3. The molecule has 0 bridgehead atoms. The Morgan fingerprint density at radius 2 is 1.41 bits per heavy atom. The highest BCUT2D eigenvalue weighted by Gasteiger charge is 2.37. The zero-order valence-electron chi connectivity index (χ0n) is 17.0. The van der Waals surface area contributed by atoms with E-state index in [2.05, 4.69) is 110 Å². The second-order valence-corrected chi connectivity index (χ2v) is 8.73. The van der Waals surface area contributed by atoms with Crippen LogP contribution in [0.2, 0.25) is 0 Å². The molecule has 1 aromatic heterocycles. The molecule has 1 aliphatic carbocycles. The SMILES string of the molecule is Cc1cccc2c1C(C)(C)c1cc3c(cc1-2)c1ccccc1n3-c1ccccc1. The number of nitrogens with zero attached hydrogens (tertiary/aromatic N) is 1. The van der Waals surface area contributed by atoms with Gasteiger partial charge in [0.05, 0.1) is 11.0 Å². The largest absolute Gasteiger partial charge is 0.309 e. The van der Waals surface area contributed by atoms with Crippen LogP contribution in [-0.4, -0.2) is 4.57 Å². The van der Waals surface area contributed by atoms with Gasteiger partial charge in [-0.05, 0) is 65.1 Å². The van der Waals surface area contributed by atoms with Gasteiger partial charge >= 0.3 is 0 Å². The van der Waals surface area contributed by atoms with Gasteiger partial charge in [0.1, 0.15) is 0 Å². The molecular formula is C28H23N. The van der Waals surface area contributed by atoms with E-state index in [9.17, 15) is 0 Å². The molecule has 140 valence electrons. The van der Waals surface area contributed by atoms with Crippen molar-refractivity contribution in [2.45, 2.75) is 26.2 Å². The molecule has 1 nitrogen and oxygen atoms in total. The molecule has 0 spiro atoms. The van der Waals surface area contributed by atoms with Gasteiger partial charge in [-0.2, -0.15) is 0 Å². The Hall–Kier alpha value is -3.32. The Morgan fingerprint density at radius 1 is 0.655 bits per heavy atom. The lowest BCUT2D eigenvalue weighted by Gasteiger charge is -2.23. The van der Waals surface area contributed by atoms with Gasteiger partial charge in [-0.25, -0.2) is 0 Å². The number of hydrogen-bond acceptors (Lipinski definition) is 0. The fourth-order valence-corrected chi connectivity index (χ4v) is 5.47. The van der Waals surface area contributed by atoms with E-state index in [4.69, 9.17) is 0 Å². The van der Waals surface area contributed by atoms with Crippen LogP contribution in [0.4, 0.5) is 0 Å². The van der Waals surface area contributed by atoms with Crippen molar-refractivity contribution < 1.29 is 0 Å². The number of para-hydroxylation sites is 2. The number of fused-ring (bicyclic) bond motifs is 6. The average Bonchev–Trinajstić information content (AvgIpc) is 3.18. The summed E-state index contributed by atoms with van der Waals surface area (Å²) >= 11 is 0. The smallest absolute Gasteiger partial charge is 0.0544 e. The molecule has 29 heavy (non-hydrogen) atoms. The minimum atomic E-state index is 0.00216. The van der Waals surface area contributed by atoms with Crippen LogP contribution in [0, 0.1) is 6.92 Å². The van der Waals surface area contributed by atoms with Gasteiger partial charge in [-0.15, -0.1) is 0 Å². The summed E-state index contributed by atoms with van der Waals surface area (Å²) in [5, 5.41) is 2.64. The number of benzene rings is 4. The third-order valence-electron chi connectivity index (χ3n) is 6.69. The van der Waals surface area contributed by atoms with Crippen LogP contribution >= 0.6 is 0 Å². The predicted octanol–water partition coefficient (Wildman–Crippen LogP) is 7.40. The highest BCUT2D eigenvalue weighted by molar-refractivity contribution is 6.11. The van der Waals surface area contributed by atoms with E-state index >= 15 is 0 Å². The van der Waals surface area contributed by atoms with E-state index < -0.39 is 0 Å². The molecule has 0 radical (unpaired) electrons. The molecule has 5 aromatic rings. The molecule has 0 saturated carbocycles. The van der Waals surface area contributed by atoms with Crippen LogP contribution in [0.3, 0.4) is 0 Å². The summed E-state index contributed by atoms with van der Waals surface area (Å²) in [4.78, 5) is 0. The Morgan fingerprint density at radius 3 is 2.24 bits per heavy atom. The first-order valence-electron chi connectivity index (χ1n) is 10.3. The van der Waals surface area contributed by atoms with Gasteiger partial charge in [0.2, 0.25) is 0 Å². The summed E-state index contributed by atoms with van der Waals surface area (Å²) in [5.74, 6) is 0. The zero-order valence-corrected chi connectivity index (χ0v) is 17.0. The van der Waals surface area contributed by atoms with Crippen molar-refractivity contribution in [1.82, 2.24) is 4.57 Å². The summed E-state index contributed by atoms with van der Waals surface area (Å²) in [6, 6.07) is 31.1. The monoisotopic (exact) mass is 373 g/mol. The van der Waals surface area contributed by atoms with Crippen LogP contribution < -0.4 is 0 Å². The second kappa shape index (κ2) is 5.61. The maximum absolute atomic E-state index is 2.44. The van der Waals surface area contributed by atoms with Crippen LogP contribution in [0.25, 0.3) is 38.6 Å². The van der Waals surface area contributed by atoms with E-state index in [1.165, 1.54) is 55.3 Å². The van der Waals surface area contributed by atoms with Gasteiger partial charge in [0, 0.05) is 21.9 Å². The number of rotatable bonds is 1. The second-order valence-electron chi connectivity index (χ2n) is 8.73. The molecule has 1 aliphatic rings. The van der Waals surface area contributed by atoms with Crippen LogP contribution in [0.1, 0.15) is 30.5 Å². The van der Waals surface area contributed by atoms with Crippen molar-refractivity contribution >= 4 is 21.8 Å². The zero-order chi connectivity index (χ0) is 19.8. The Bertz CT molecular complexity index is 1420. The van der Waals surface area contributed by atoms with Gasteiger partial charge in [0.25, 0.3) is 0 Å². The van der Waals surface area contributed by atoms with E-state index in [1.54, 1.807) is 0 Å². The van der Waals surface area contributed by atoms with E-state index in [-0.39, 0.29) is 5.41 Å². The Balaban J connectivity index is 1.79. The predicted molar refractivity (Wildman–Crippen MR) is 123 cm³/mol. The summed E-state index contributed by atoms with van der Waals surface area (Å²) in [6.07, 6.45) is 0. The maximum atomic E-state index is 2.44. The topological polar surface area (TPSA) is 4.93 Å². The minimum absolute atomic E-state index is 0.00216. The molecule has 0 atom stereocenters. The lowest BCUT2D eigenvalue weighted by atomic mass is 9.80. The van der Waals surface area contributed by atoms with Gasteiger partial charge in [-0.3, -0.25) is 0 Å². The van der Waals surface area contributed by atoms with E-state index in [1.807, 2.05) is 0 Å². The van der Waals surface area contributed by atoms with Crippen molar-refractivity contribution in [3.8, 4) is 16.8 Å². The summed E-state index contributed by atoms with van der Waals surface area (Å²) < 4.78 is 2.41. The molecular weight excluding hydrogens is 350 g/mol. The third-order valence-corrected chi connectivity index (χ3v) is 6.69. The van der Waals surface area contributed by atoms with Crippen molar-refractivity contribution in [3.63, 3.8) is 0 Å². The number of aryl methyl sites for hydroxylation is 1. The highest BCUT2D eigenvalue weighted by Crippen LogP contribution is 2.51. The lowest BCUT2D eigenvalue weighted by molar-refractivity contribution is 0.656. The molecule has 0 N–H and O–H groups in total. The van der Waals surface area contributed by atoms with Gasteiger partial charge in [0.15, 0.2) is 0 Å². The molecule has 0 aliphatic heterocycles. The van der Waals surface area contributed by atoms with Gasteiger partial charge in [-0.1, -0.05) is 68.4 Å². The molecule has 0 fully saturated rings. The number of hydrogen-bond donors (Lipinski definition) is 0. The molecule has 4 aromatic carbocycles. The summed E-state index contributed by atoms with van der Waals surface area (Å²) in [7, 11) is 0. The molecule has 0 amide bonds. The average molecular weight is 373 g/mol. The van der Waals surface area contributed by atoms with Crippen LogP contribution in [0.5, 0.6) is 0 Å². The standard InChI is InChI=1S/C28H23N/c1-18-10-9-14-21-22-16-23-20-13-7-8-15-25(20)29(19-11-5-4-6-12-19)26(23)17-24(22)28(2,3)27(18)21/h4-17H,1-3H3. The van der Waals surface area contributed by atoms with Crippen molar-refractivity contribution in [1.29, 1.82) is 0 Å². The molecule has 0 saturated heterocycles. The highest BCUT2D eigenvalue weighted by atomic mass is 15.0. The fourth-order valence-electron chi connectivity index (χ4n) is 5.47. The first kappa shape index (κ1) is 16.6. The molecule has 0 unspecified atom stereocenters. The maximum Gasteiger partial charge on any atom is 0.0544 e. The van der Waals surface area contributed by atoms with Crippen LogP contribution in [0.15, 0.2) is 84.9 Å². The number of aromatic nitrogens is 1. The summed E-state index contributed by atoms with van der Waals surface area (Å²) in [6.45, 7) is 6.98. The van der Waals surface area contributed by atoms with Crippen molar-refractivity contribution in [3.05, 3.63) is 102 Å². The fraction of sp³-hybridized carbons (Fsp3) is 0.143. The Kier molecular flexibility index (Phi) is 3.21. The first-order valence-corrected chi connectivity index (χ1v) is 10.3. The quantitative estimate of drug-likeness (QED) is 0.288. The molecule has 6 rings (SSSR count). The Labute approximate surface area is 171 Å². The molecule has 1 heterocycles. The van der Waals surface area contributed by atoms with Crippen LogP contribution in [-0.2, 0) is 5.41 Å². The van der Waals surface area contributed by atoms with Crippen molar-refractivity contribution in [2.75, 3.05) is 0 Å².